The number of hydrogen-bond acceptors (Lipinski definition) is 5. The highest BCUT2D eigenvalue weighted by molar-refractivity contribution is 5.91. The minimum atomic E-state index is -0.300. The Bertz CT molecular complexity index is 1290. The van der Waals surface area contributed by atoms with Gasteiger partial charge in [0.2, 0.25) is 0 Å². The van der Waals surface area contributed by atoms with E-state index in [2.05, 4.69) is 37.8 Å². The standard InChI is InChI=1S/C42H61NO4/c1-5-43(6-2)28-18-13-11-9-7-8-10-12-15-21-33-29-34-30-35(47-41(45)32-19-16-14-17-20-32)22-23-36(34)37-26-27-42(4)38(40(33)37)24-25-39(42)46-31(3)44/h14,16-17,19-20,22-23,30,33,37-40H,5-13,15,18,21,24-29H2,1-4H3/t33-,37-,38+,39+,40-,42+/m1/s1. The van der Waals surface area contributed by atoms with Gasteiger partial charge in [0.15, 0.2) is 0 Å². The van der Waals surface area contributed by atoms with E-state index in [1.807, 2.05) is 24.3 Å². The predicted octanol–water partition coefficient (Wildman–Crippen LogP) is 10.2. The maximum Gasteiger partial charge on any atom is 0.343 e. The summed E-state index contributed by atoms with van der Waals surface area (Å²) >= 11 is 0. The van der Waals surface area contributed by atoms with E-state index < -0.39 is 0 Å². The Morgan fingerprint density at radius 1 is 0.851 bits per heavy atom. The van der Waals surface area contributed by atoms with Crippen LogP contribution < -0.4 is 4.74 Å². The third-order valence-corrected chi connectivity index (χ3v) is 12.3. The Kier molecular flexibility index (Phi) is 13.0. The van der Waals surface area contributed by atoms with Gasteiger partial charge in [0.05, 0.1) is 5.56 Å². The Balaban J connectivity index is 1.19. The fraction of sp³-hybridized carbons (Fsp3) is 0.667. The number of unbranched alkanes of at least 4 members (excludes halogenated alkanes) is 8. The first-order valence-corrected chi connectivity index (χ1v) is 19.1. The molecule has 6 atom stereocenters. The summed E-state index contributed by atoms with van der Waals surface area (Å²) in [6.07, 6.45) is 18.9. The molecule has 0 aliphatic heterocycles. The second kappa shape index (κ2) is 17.1. The quantitative estimate of drug-likeness (QED) is 0.0975. The Labute approximate surface area is 285 Å². The highest BCUT2D eigenvalue weighted by atomic mass is 16.5. The van der Waals surface area contributed by atoms with Gasteiger partial charge in [-0.15, -0.1) is 0 Å². The van der Waals surface area contributed by atoms with Gasteiger partial charge in [-0.25, -0.2) is 4.79 Å². The zero-order valence-electron chi connectivity index (χ0n) is 29.8. The van der Waals surface area contributed by atoms with Gasteiger partial charge in [-0.2, -0.15) is 0 Å². The zero-order valence-corrected chi connectivity index (χ0v) is 29.8. The number of benzene rings is 2. The molecule has 0 bridgehead atoms. The van der Waals surface area contributed by atoms with Gasteiger partial charge >= 0.3 is 11.9 Å². The molecule has 0 heterocycles. The summed E-state index contributed by atoms with van der Waals surface area (Å²) in [6, 6.07) is 15.7. The van der Waals surface area contributed by atoms with Crippen molar-refractivity contribution in [2.75, 3.05) is 19.6 Å². The minimum Gasteiger partial charge on any atom is -0.462 e. The number of hydrogen-bond donors (Lipinski definition) is 0. The predicted molar refractivity (Wildman–Crippen MR) is 191 cm³/mol. The highest BCUT2D eigenvalue weighted by Gasteiger charge is 2.58. The number of carbonyl (C=O) groups is 2. The molecule has 0 saturated heterocycles. The molecule has 258 valence electrons. The largest absolute Gasteiger partial charge is 0.462 e. The Morgan fingerprint density at radius 2 is 1.53 bits per heavy atom. The lowest BCUT2D eigenvalue weighted by atomic mass is 9.52. The van der Waals surface area contributed by atoms with Crippen LogP contribution in [0.2, 0.25) is 0 Å². The van der Waals surface area contributed by atoms with Crippen molar-refractivity contribution in [1.82, 2.24) is 4.90 Å². The molecule has 3 aliphatic rings. The van der Waals surface area contributed by atoms with E-state index in [-0.39, 0.29) is 23.5 Å². The molecule has 0 N–H and O–H groups in total. The molecule has 0 aromatic heterocycles. The lowest BCUT2D eigenvalue weighted by Crippen LogP contribution is -2.48. The second-order valence-corrected chi connectivity index (χ2v) is 15.1. The van der Waals surface area contributed by atoms with Crippen LogP contribution in [-0.2, 0) is 16.0 Å². The van der Waals surface area contributed by atoms with Crippen LogP contribution in [0.25, 0.3) is 0 Å². The molecule has 0 amide bonds. The van der Waals surface area contributed by atoms with E-state index in [0.717, 1.165) is 32.1 Å². The molecule has 0 spiro atoms. The van der Waals surface area contributed by atoms with Crippen LogP contribution in [0, 0.1) is 23.2 Å². The van der Waals surface area contributed by atoms with Crippen molar-refractivity contribution >= 4 is 11.9 Å². The molecule has 47 heavy (non-hydrogen) atoms. The van der Waals surface area contributed by atoms with E-state index in [4.69, 9.17) is 9.47 Å². The summed E-state index contributed by atoms with van der Waals surface area (Å²) in [5.41, 5.74) is 3.47. The number of rotatable bonds is 17. The van der Waals surface area contributed by atoms with E-state index in [0.29, 0.717) is 35.0 Å². The third kappa shape index (κ3) is 8.88. The zero-order chi connectivity index (χ0) is 33.2. The number of fused-ring (bicyclic) bond motifs is 5. The number of nitrogens with zero attached hydrogens (tertiary/aromatic N) is 1. The second-order valence-electron chi connectivity index (χ2n) is 15.1. The van der Waals surface area contributed by atoms with Crippen molar-refractivity contribution in [1.29, 1.82) is 0 Å². The van der Waals surface area contributed by atoms with Crippen LogP contribution in [-0.4, -0.2) is 42.6 Å². The number of ether oxygens (including phenoxy) is 2. The van der Waals surface area contributed by atoms with Crippen LogP contribution in [0.3, 0.4) is 0 Å². The molecule has 2 aromatic rings. The Morgan fingerprint density at radius 3 is 2.21 bits per heavy atom. The normalized spacial score (nSPS) is 26.4. The van der Waals surface area contributed by atoms with Crippen LogP contribution >= 0.6 is 0 Å². The average molecular weight is 644 g/mol. The molecular weight excluding hydrogens is 582 g/mol. The molecule has 5 heteroatoms. The molecule has 3 aliphatic carbocycles. The highest BCUT2D eigenvalue weighted by Crippen LogP contribution is 2.63. The van der Waals surface area contributed by atoms with Gasteiger partial charge in [0.25, 0.3) is 0 Å². The Hall–Kier alpha value is -2.66. The van der Waals surface area contributed by atoms with Crippen molar-refractivity contribution in [3.8, 4) is 5.75 Å². The van der Waals surface area contributed by atoms with Gasteiger partial charge < -0.3 is 14.4 Å². The fourth-order valence-electron chi connectivity index (χ4n) is 9.72. The topological polar surface area (TPSA) is 55.8 Å². The molecule has 2 saturated carbocycles. The van der Waals surface area contributed by atoms with E-state index in [1.165, 1.54) is 95.0 Å². The van der Waals surface area contributed by atoms with Crippen LogP contribution in [0.5, 0.6) is 5.75 Å². The first-order chi connectivity index (χ1) is 22.8. The van der Waals surface area contributed by atoms with Crippen LogP contribution in [0.4, 0.5) is 0 Å². The summed E-state index contributed by atoms with van der Waals surface area (Å²) in [6.45, 7) is 12.1. The maximum absolute atomic E-state index is 12.8. The average Bonchev–Trinajstić information content (AvgIpc) is 3.40. The van der Waals surface area contributed by atoms with E-state index >= 15 is 0 Å². The molecular formula is C42H61NO4. The fourth-order valence-corrected chi connectivity index (χ4v) is 9.72. The number of esters is 2. The van der Waals surface area contributed by atoms with Crippen molar-refractivity contribution < 1.29 is 19.1 Å². The van der Waals surface area contributed by atoms with Gasteiger partial charge in [0, 0.05) is 12.3 Å². The monoisotopic (exact) mass is 643 g/mol. The molecule has 5 rings (SSSR count). The van der Waals surface area contributed by atoms with Crippen LogP contribution in [0.1, 0.15) is 145 Å². The first kappa shape index (κ1) is 35.6. The summed E-state index contributed by atoms with van der Waals surface area (Å²) < 4.78 is 11.8. The minimum absolute atomic E-state index is 0.0463. The molecule has 0 unspecified atom stereocenters. The summed E-state index contributed by atoms with van der Waals surface area (Å²) in [4.78, 5) is 27.4. The van der Waals surface area contributed by atoms with Gasteiger partial charge in [-0.05, 0) is 124 Å². The lowest BCUT2D eigenvalue weighted by Gasteiger charge is -2.53. The van der Waals surface area contributed by atoms with Crippen LogP contribution in [0.15, 0.2) is 48.5 Å². The summed E-state index contributed by atoms with van der Waals surface area (Å²) in [5, 5.41) is 0. The van der Waals surface area contributed by atoms with Crippen molar-refractivity contribution in [3.05, 3.63) is 65.2 Å². The van der Waals surface area contributed by atoms with Crippen molar-refractivity contribution in [2.24, 2.45) is 23.2 Å². The number of carbonyl (C=O) groups excluding carboxylic acids is 2. The SMILES string of the molecule is CCN(CC)CCCCCCCCCCC[C@@H]1Cc2cc(OC(=O)c3ccccc3)ccc2[C@H]2CC[C@]3(C)[C@@H](OC(C)=O)CC[C@H]3[C@H]12. The van der Waals surface area contributed by atoms with Gasteiger partial charge in [-0.1, -0.05) is 96.4 Å². The van der Waals surface area contributed by atoms with Crippen molar-refractivity contribution in [3.63, 3.8) is 0 Å². The molecule has 0 radical (unpaired) electrons. The van der Waals surface area contributed by atoms with Crippen molar-refractivity contribution in [2.45, 2.75) is 136 Å². The van der Waals surface area contributed by atoms with Gasteiger partial charge in [-0.3, -0.25) is 4.79 Å². The molecule has 2 aromatic carbocycles. The third-order valence-electron chi connectivity index (χ3n) is 12.3. The summed E-state index contributed by atoms with van der Waals surface area (Å²) in [7, 11) is 0. The first-order valence-electron chi connectivity index (χ1n) is 19.1. The lowest BCUT2D eigenvalue weighted by molar-refractivity contribution is -0.155. The molecule has 5 nitrogen and oxygen atoms in total. The van der Waals surface area contributed by atoms with E-state index in [1.54, 1.807) is 19.1 Å². The van der Waals surface area contributed by atoms with Gasteiger partial charge in [0.1, 0.15) is 11.9 Å². The smallest absolute Gasteiger partial charge is 0.343 e. The molecule has 2 fully saturated rings. The summed E-state index contributed by atoms with van der Waals surface area (Å²) in [5.74, 6) is 2.56. The maximum atomic E-state index is 12.8. The van der Waals surface area contributed by atoms with E-state index in [9.17, 15) is 9.59 Å².